The number of halogens is 1. The van der Waals surface area contributed by atoms with Crippen molar-refractivity contribution in [1.29, 1.82) is 0 Å². The van der Waals surface area contributed by atoms with Crippen molar-refractivity contribution < 1.29 is 0 Å². The molecule has 1 atom stereocenters. The molecule has 0 saturated carbocycles. The van der Waals surface area contributed by atoms with Crippen molar-refractivity contribution in [2.24, 2.45) is 0 Å². The van der Waals surface area contributed by atoms with Gasteiger partial charge in [0, 0.05) is 42.1 Å². The molecule has 6 heteroatoms. The summed E-state index contributed by atoms with van der Waals surface area (Å²) in [7, 11) is 0. The zero-order chi connectivity index (χ0) is 18.5. The molecule has 0 spiro atoms. The third kappa shape index (κ3) is 4.62. The normalized spacial score (nSPS) is 17.6. The number of nitrogens with one attached hydrogen (secondary N) is 1. The van der Waals surface area contributed by atoms with Gasteiger partial charge in [-0.3, -0.25) is 4.90 Å². The summed E-state index contributed by atoms with van der Waals surface area (Å²) in [5, 5.41) is 4.02. The van der Waals surface area contributed by atoms with Crippen LogP contribution in [0.25, 0.3) is 0 Å². The second kappa shape index (κ2) is 8.46. The van der Waals surface area contributed by atoms with Crippen LogP contribution in [0.2, 0.25) is 5.02 Å². The van der Waals surface area contributed by atoms with Gasteiger partial charge >= 0.3 is 0 Å². The average Bonchev–Trinajstić information content (AvgIpc) is 2.71. The number of hydrogen-bond donors (Lipinski definition) is 1. The Labute approximate surface area is 164 Å². The lowest BCUT2D eigenvalue weighted by Crippen LogP contribution is -2.34. The summed E-state index contributed by atoms with van der Waals surface area (Å²) in [6, 6.07) is 16.0. The van der Waals surface area contributed by atoms with E-state index in [4.69, 9.17) is 16.6 Å². The highest BCUT2D eigenvalue weighted by molar-refractivity contribution is 6.31. The van der Waals surface area contributed by atoms with E-state index in [0.29, 0.717) is 11.9 Å². The Balaban J connectivity index is 1.45. The van der Waals surface area contributed by atoms with E-state index in [1.807, 2.05) is 30.3 Å². The highest BCUT2D eigenvalue weighted by Crippen LogP contribution is 2.28. The zero-order valence-corrected chi connectivity index (χ0v) is 15.8. The van der Waals surface area contributed by atoms with Crippen LogP contribution in [0.5, 0.6) is 0 Å². The first-order chi connectivity index (χ1) is 13.3. The van der Waals surface area contributed by atoms with Gasteiger partial charge in [0.1, 0.15) is 5.82 Å². The fourth-order valence-electron chi connectivity index (χ4n) is 3.53. The molecule has 0 bridgehead atoms. The molecule has 1 saturated heterocycles. The first-order valence-electron chi connectivity index (χ1n) is 9.25. The number of likely N-dealkylation sites (tertiary alicyclic amines) is 1. The SMILES string of the molecule is Clc1ccccc1CN1CCC[C@H](c2cccc(Nc3ncccn3)n2)C1. The Hall–Kier alpha value is -2.50. The van der Waals surface area contributed by atoms with E-state index >= 15 is 0 Å². The quantitative estimate of drug-likeness (QED) is 0.699. The van der Waals surface area contributed by atoms with Crippen LogP contribution < -0.4 is 5.32 Å². The van der Waals surface area contributed by atoms with Crippen LogP contribution in [0, 0.1) is 0 Å². The lowest BCUT2D eigenvalue weighted by atomic mass is 9.94. The van der Waals surface area contributed by atoms with E-state index in [2.05, 4.69) is 32.3 Å². The molecule has 3 aromatic rings. The van der Waals surface area contributed by atoms with Gasteiger partial charge in [-0.2, -0.15) is 0 Å². The molecular formula is C21H22ClN5. The van der Waals surface area contributed by atoms with Crippen molar-refractivity contribution in [2.45, 2.75) is 25.3 Å². The molecule has 3 heterocycles. The van der Waals surface area contributed by atoms with Crippen molar-refractivity contribution >= 4 is 23.4 Å². The van der Waals surface area contributed by atoms with Crippen LogP contribution in [-0.2, 0) is 6.54 Å². The van der Waals surface area contributed by atoms with E-state index in [1.54, 1.807) is 18.5 Å². The van der Waals surface area contributed by atoms with Crippen molar-refractivity contribution in [2.75, 3.05) is 18.4 Å². The van der Waals surface area contributed by atoms with Gasteiger partial charge in [0.15, 0.2) is 0 Å². The minimum absolute atomic E-state index is 0.416. The van der Waals surface area contributed by atoms with Crippen LogP contribution in [0.4, 0.5) is 11.8 Å². The van der Waals surface area contributed by atoms with Crippen molar-refractivity contribution in [3.05, 3.63) is 77.2 Å². The summed E-state index contributed by atoms with van der Waals surface area (Å²) in [5.41, 5.74) is 2.30. The molecule has 1 aliphatic rings. The summed E-state index contributed by atoms with van der Waals surface area (Å²) >= 11 is 6.34. The smallest absolute Gasteiger partial charge is 0.228 e. The third-order valence-corrected chi connectivity index (χ3v) is 5.22. The molecule has 0 radical (unpaired) electrons. The lowest BCUT2D eigenvalue weighted by molar-refractivity contribution is 0.198. The molecular weight excluding hydrogens is 358 g/mol. The minimum atomic E-state index is 0.416. The fourth-order valence-corrected chi connectivity index (χ4v) is 3.73. The molecule has 1 aromatic carbocycles. The van der Waals surface area contributed by atoms with Gasteiger partial charge < -0.3 is 5.32 Å². The molecule has 1 fully saturated rings. The standard InChI is InChI=1S/C21H22ClN5/c22-18-8-2-1-6-16(18)14-27-13-4-7-17(15-27)19-9-3-10-20(25-19)26-21-23-11-5-12-24-21/h1-3,5-6,8-12,17H,4,7,13-15H2,(H,23,24,25,26)/t17-/m0/s1. The van der Waals surface area contributed by atoms with Crippen molar-refractivity contribution in [1.82, 2.24) is 19.9 Å². The first kappa shape index (κ1) is 17.9. The molecule has 138 valence electrons. The number of pyridine rings is 1. The number of rotatable bonds is 5. The Kier molecular flexibility index (Phi) is 5.61. The molecule has 0 amide bonds. The summed E-state index contributed by atoms with van der Waals surface area (Å²) in [4.78, 5) is 15.7. The second-order valence-corrected chi connectivity index (χ2v) is 7.22. The molecule has 0 aliphatic carbocycles. The maximum Gasteiger partial charge on any atom is 0.228 e. The maximum atomic E-state index is 6.34. The Bertz CT molecular complexity index is 887. The van der Waals surface area contributed by atoms with E-state index in [0.717, 1.165) is 49.0 Å². The Morgan fingerprint density at radius 2 is 1.89 bits per heavy atom. The van der Waals surface area contributed by atoms with Gasteiger partial charge in [-0.25, -0.2) is 15.0 Å². The summed E-state index contributed by atoms with van der Waals surface area (Å²) < 4.78 is 0. The van der Waals surface area contributed by atoms with Crippen LogP contribution in [0.15, 0.2) is 60.9 Å². The maximum absolute atomic E-state index is 6.34. The lowest BCUT2D eigenvalue weighted by Gasteiger charge is -2.32. The van der Waals surface area contributed by atoms with Gasteiger partial charge in [-0.1, -0.05) is 35.9 Å². The molecule has 1 aliphatic heterocycles. The van der Waals surface area contributed by atoms with Gasteiger partial charge in [-0.05, 0) is 49.2 Å². The predicted octanol–water partition coefficient (Wildman–Crippen LogP) is 4.65. The monoisotopic (exact) mass is 379 g/mol. The second-order valence-electron chi connectivity index (χ2n) is 6.81. The van der Waals surface area contributed by atoms with Gasteiger partial charge in [0.05, 0.1) is 0 Å². The molecule has 1 N–H and O–H groups in total. The van der Waals surface area contributed by atoms with Crippen molar-refractivity contribution in [3.63, 3.8) is 0 Å². The molecule has 0 unspecified atom stereocenters. The number of hydrogen-bond acceptors (Lipinski definition) is 5. The molecule has 2 aromatic heterocycles. The van der Waals surface area contributed by atoms with Crippen LogP contribution >= 0.6 is 11.6 Å². The van der Waals surface area contributed by atoms with Gasteiger partial charge in [0.25, 0.3) is 0 Å². The van der Waals surface area contributed by atoms with E-state index < -0.39 is 0 Å². The van der Waals surface area contributed by atoms with E-state index in [-0.39, 0.29) is 0 Å². The molecule has 4 rings (SSSR count). The van der Waals surface area contributed by atoms with Crippen molar-refractivity contribution in [3.8, 4) is 0 Å². The van der Waals surface area contributed by atoms with Crippen LogP contribution in [0.1, 0.15) is 30.0 Å². The molecule has 27 heavy (non-hydrogen) atoms. The number of benzene rings is 1. The van der Waals surface area contributed by atoms with Gasteiger partial charge in [0.2, 0.25) is 5.95 Å². The Morgan fingerprint density at radius 3 is 2.74 bits per heavy atom. The van der Waals surface area contributed by atoms with Crippen LogP contribution in [0.3, 0.4) is 0 Å². The summed E-state index contributed by atoms with van der Waals surface area (Å²) in [5.74, 6) is 1.76. The summed E-state index contributed by atoms with van der Waals surface area (Å²) in [6.07, 6.45) is 5.74. The average molecular weight is 380 g/mol. The molecule has 5 nitrogen and oxygen atoms in total. The third-order valence-electron chi connectivity index (χ3n) is 4.85. The fraction of sp³-hybridized carbons (Fsp3) is 0.286. The van der Waals surface area contributed by atoms with Gasteiger partial charge in [-0.15, -0.1) is 0 Å². The predicted molar refractivity (Wildman–Crippen MR) is 108 cm³/mol. The highest BCUT2D eigenvalue weighted by Gasteiger charge is 2.23. The largest absolute Gasteiger partial charge is 0.309 e. The van der Waals surface area contributed by atoms with E-state index in [1.165, 1.54) is 5.56 Å². The van der Waals surface area contributed by atoms with E-state index in [9.17, 15) is 0 Å². The number of piperidine rings is 1. The first-order valence-corrected chi connectivity index (χ1v) is 9.62. The Morgan fingerprint density at radius 1 is 1.04 bits per heavy atom. The number of nitrogens with zero attached hydrogens (tertiary/aromatic N) is 4. The minimum Gasteiger partial charge on any atom is -0.309 e. The van der Waals surface area contributed by atoms with Crippen LogP contribution in [-0.4, -0.2) is 32.9 Å². The summed E-state index contributed by atoms with van der Waals surface area (Å²) in [6.45, 7) is 2.97. The number of anilines is 2. The zero-order valence-electron chi connectivity index (χ0n) is 15.1. The topological polar surface area (TPSA) is 53.9 Å². The number of aromatic nitrogens is 3. The highest BCUT2D eigenvalue weighted by atomic mass is 35.5.